The first-order valence-electron chi connectivity index (χ1n) is 9.74. The maximum Gasteiger partial charge on any atom is 0.274 e. The number of imidazole rings is 1. The van der Waals surface area contributed by atoms with Crippen molar-refractivity contribution in [3.8, 4) is 5.75 Å². The number of aromatic nitrogens is 3. The number of rotatable bonds is 7. The summed E-state index contributed by atoms with van der Waals surface area (Å²) in [5.74, 6) is 0.705. The van der Waals surface area contributed by atoms with Crippen LogP contribution in [0.15, 0.2) is 36.1 Å². The fourth-order valence-corrected chi connectivity index (χ4v) is 4.28. The van der Waals surface area contributed by atoms with Crippen LogP contribution in [0.25, 0.3) is 4.96 Å². The number of nitrogens with zero attached hydrogens (tertiary/aromatic N) is 4. The summed E-state index contributed by atoms with van der Waals surface area (Å²) in [6.07, 6.45) is 5.41. The molecule has 154 valence electrons. The van der Waals surface area contributed by atoms with E-state index in [4.69, 9.17) is 9.47 Å². The van der Waals surface area contributed by atoms with Crippen molar-refractivity contribution in [1.29, 1.82) is 0 Å². The lowest BCUT2D eigenvalue weighted by Gasteiger charge is -2.35. The Morgan fingerprint density at radius 2 is 2.21 bits per heavy atom. The molecule has 0 radical (unpaired) electrons. The minimum atomic E-state index is -0.0358. The van der Waals surface area contributed by atoms with E-state index >= 15 is 0 Å². The van der Waals surface area contributed by atoms with Crippen molar-refractivity contribution in [2.45, 2.75) is 32.6 Å². The predicted octanol–water partition coefficient (Wildman–Crippen LogP) is 2.21. The number of morpholine rings is 1. The lowest BCUT2D eigenvalue weighted by molar-refractivity contribution is -0.0587. The van der Waals surface area contributed by atoms with Gasteiger partial charge >= 0.3 is 0 Å². The Balaban J connectivity index is 1.41. The number of carbonyl (C=O) groups excluding carboxylic acids is 1. The number of ether oxygens (including phenoxy) is 2. The third-order valence-corrected chi connectivity index (χ3v) is 5.50. The molecule has 0 aromatic carbocycles. The molecule has 1 aliphatic heterocycles. The van der Waals surface area contributed by atoms with Crippen molar-refractivity contribution in [3.05, 3.63) is 47.5 Å². The van der Waals surface area contributed by atoms with Crippen LogP contribution in [0, 0.1) is 0 Å². The highest BCUT2D eigenvalue weighted by Crippen LogP contribution is 2.21. The SMILES string of the molecule is C[C@@H]1CN(C(=O)c2nc3sccn3c2CNCCOc2cccnc2)C[C@H](C)O1. The van der Waals surface area contributed by atoms with E-state index in [9.17, 15) is 4.79 Å². The second kappa shape index (κ2) is 8.89. The molecule has 0 aliphatic carbocycles. The number of pyridine rings is 1. The zero-order valence-corrected chi connectivity index (χ0v) is 17.4. The van der Waals surface area contributed by atoms with Crippen molar-refractivity contribution in [1.82, 2.24) is 24.6 Å². The minimum Gasteiger partial charge on any atom is -0.491 e. The first-order valence-corrected chi connectivity index (χ1v) is 10.6. The second-order valence-corrected chi connectivity index (χ2v) is 8.02. The fourth-order valence-electron chi connectivity index (χ4n) is 3.55. The summed E-state index contributed by atoms with van der Waals surface area (Å²) < 4.78 is 13.4. The Bertz CT molecular complexity index is 948. The molecule has 1 aliphatic rings. The van der Waals surface area contributed by atoms with Crippen LogP contribution in [-0.4, -0.2) is 63.6 Å². The second-order valence-electron chi connectivity index (χ2n) is 7.14. The highest BCUT2D eigenvalue weighted by Gasteiger charge is 2.30. The van der Waals surface area contributed by atoms with Crippen molar-refractivity contribution < 1.29 is 14.3 Å². The van der Waals surface area contributed by atoms with Gasteiger partial charge in [0.2, 0.25) is 0 Å². The molecule has 3 aromatic heterocycles. The summed E-state index contributed by atoms with van der Waals surface area (Å²) >= 11 is 1.53. The van der Waals surface area contributed by atoms with Gasteiger partial charge in [-0.3, -0.25) is 14.2 Å². The number of amides is 1. The average molecular weight is 416 g/mol. The molecule has 8 nitrogen and oxygen atoms in total. The van der Waals surface area contributed by atoms with Crippen LogP contribution in [0.3, 0.4) is 0 Å². The lowest BCUT2D eigenvalue weighted by atomic mass is 10.2. The summed E-state index contributed by atoms with van der Waals surface area (Å²) in [5, 5.41) is 5.34. The molecule has 0 saturated carbocycles. The van der Waals surface area contributed by atoms with Crippen LogP contribution in [0.2, 0.25) is 0 Å². The molecule has 0 unspecified atom stereocenters. The summed E-state index contributed by atoms with van der Waals surface area (Å²) in [6.45, 7) is 6.84. The summed E-state index contributed by atoms with van der Waals surface area (Å²) in [4.78, 5) is 24.5. The molecule has 1 saturated heterocycles. The highest BCUT2D eigenvalue weighted by atomic mass is 32.1. The first kappa shape index (κ1) is 19.8. The Hall–Kier alpha value is -2.49. The van der Waals surface area contributed by atoms with Gasteiger partial charge in [-0.25, -0.2) is 4.98 Å². The van der Waals surface area contributed by atoms with Gasteiger partial charge in [0.25, 0.3) is 5.91 Å². The van der Waals surface area contributed by atoms with Gasteiger partial charge in [0.05, 0.1) is 24.1 Å². The van der Waals surface area contributed by atoms with Gasteiger partial charge in [-0.2, -0.15) is 0 Å². The molecule has 3 aromatic rings. The van der Waals surface area contributed by atoms with Gasteiger partial charge in [0.15, 0.2) is 10.7 Å². The van der Waals surface area contributed by atoms with Crippen LogP contribution >= 0.6 is 11.3 Å². The molecule has 1 amide bonds. The normalized spacial score (nSPS) is 19.6. The van der Waals surface area contributed by atoms with Gasteiger partial charge in [-0.15, -0.1) is 11.3 Å². The molecule has 0 spiro atoms. The summed E-state index contributed by atoms with van der Waals surface area (Å²) in [5.41, 5.74) is 1.39. The molecular formula is C20H25N5O3S. The summed E-state index contributed by atoms with van der Waals surface area (Å²) in [7, 11) is 0. The van der Waals surface area contributed by atoms with E-state index in [1.54, 1.807) is 12.4 Å². The number of hydrogen-bond acceptors (Lipinski definition) is 7. The van der Waals surface area contributed by atoms with Crippen molar-refractivity contribution in [3.63, 3.8) is 0 Å². The Kier molecular flexibility index (Phi) is 6.08. The van der Waals surface area contributed by atoms with Gasteiger partial charge in [-0.05, 0) is 26.0 Å². The van der Waals surface area contributed by atoms with E-state index in [-0.39, 0.29) is 18.1 Å². The third-order valence-electron chi connectivity index (χ3n) is 4.74. The maximum atomic E-state index is 13.2. The van der Waals surface area contributed by atoms with E-state index in [1.807, 2.05) is 46.9 Å². The van der Waals surface area contributed by atoms with E-state index in [2.05, 4.69) is 15.3 Å². The van der Waals surface area contributed by atoms with Crippen LogP contribution in [-0.2, 0) is 11.3 Å². The van der Waals surface area contributed by atoms with Gasteiger partial charge in [0.1, 0.15) is 12.4 Å². The lowest BCUT2D eigenvalue weighted by Crippen LogP contribution is -2.48. The van der Waals surface area contributed by atoms with Crippen molar-refractivity contribution in [2.24, 2.45) is 0 Å². The molecule has 2 atom stereocenters. The number of hydrogen-bond donors (Lipinski definition) is 1. The van der Waals surface area contributed by atoms with Crippen molar-refractivity contribution in [2.75, 3.05) is 26.2 Å². The molecule has 0 bridgehead atoms. The topological polar surface area (TPSA) is 81.0 Å². The van der Waals surface area contributed by atoms with E-state index in [1.165, 1.54) is 11.3 Å². The largest absolute Gasteiger partial charge is 0.491 e. The number of carbonyl (C=O) groups is 1. The minimum absolute atomic E-state index is 0.0256. The van der Waals surface area contributed by atoms with E-state index in [0.717, 1.165) is 16.4 Å². The van der Waals surface area contributed by atoms with Gasteiger partial charge < -0.3 is 19.7 Å². The zero-order chi connectivity index (χ0) is 20.2. The number of fused-ring (bicyclic) bond motifs is 1. The standard InChI is InChI=1S/C20H25N5O3S/c1-14-12-24(13-15(2)28-14)19(26)18-17(25-7-9-29-20(25)23-18)11-22-6-8-27-16-4-3-5-21-10-16/h3-5,7,9-10,14-15,22H,6,8,11-13H2,1-2H3/t14-,15+. The van der Waals surface area contributed by atoms with Crippen LogP contribution in [0.5, 0.6) is 5.75 Å². The average Bonchev–Trinajstić information content (AvgIpc) is 3.29. The Morgan fingerprint density at radius 3 is 2.97 bits per heavy atom. The molecule has 4 rings (SSSR count). The quantitative estimate of drug-likeness (QED) is 0.596. The number of thiazole rings is 1. The molecular weight excluding hydrogens is 390 g/mol. The maximum absolute atomic E-state index is 13.2. The van der Waals surface area contributed by atoms with Crippen LogP contribution in [0.4, 0.5) is 0 Å². The summed E-state index contributed by atoms with van der Waals surface area (Å²) in [6, 6.07) is 3.72. The highest BCUT2D eigenvalue weighted by molar-refractivity contribution is 7.15. The Morgan fingerprint density at radius 1 is 1.38 bits per heavy atom. The Labute approximate surface area is 173 Å². The van der Waals surface area contributed by atoms with E-state index in [0.29, 0.717) is 38.5 Å². The molecule has 9 heteroatoms. The zero-order valence-electron chi connectivity index (χ0n) is 16.6. The van der Waals surface area contributed by atoms with Gasteiger partial charge in [0, 0.05) is 44.0 Å². The van der Waals surface area contributed by atoms with Crippen LogP contribution in [0.1, 0.15) is 30.0 Å². The van der Waals surface area contributed by atoms with Gasteiger partial charge in [-0.1, -0.05) is 0 Å². The predicted molar refractivity (Wildman–Crippen MR) is 110 cm³/mol. The monoisotopic (exact) mass is 415 g/mol. The molecule has 29 heavy (non-hydrogen) atoms. The van der Waals surface area contributed by atoms with E-state index < -0.39 is 0 Å². The van der Waals surface area contributed by atoms with Crippen LogP contribution < -0.4 is 10.1 Å². The molecule has 4 heterocycles. The number of nitrogens with one attached hydrogen (secondary N) is 1. The van der Waals surface area contributed by atoms with Crippen molar-refractivity contribution >= 4 is 22.2 Å². The smallest absolute Gasteiger partial charge is 0.274 e. The first-order chi connectivity index (χ1) is 14.1. The third kappa shape index (κ3) is 4.58. The molecule has 1 N–H and O–H groups in total. The fraction of sp³-hybridized carbons (Fsp3) is 0.450. The molecule has 1 fully saturated rings.